The standard InChI is InChI=1S/C54H65N11O12S2/c1-30-45(67)62-44(31(2)66)51(73)60-41(25-34-19-11-6-12-20-34)49(71)61-43(52(74)75)29-79-78-28-37(55)46(68)57-39(23-32-15-7-4-8-16-32)47(69)58-40(24-33-17-9-5-10-18-33)48(70)59-42(50(72)63-53(76)64-54(77)65(30)3)26-35-27-56-38-22-14-13-21-36(35)38/h4-22,27,30-31,37,39-44,53,56,66,76H,23-26,28-29,55H2,1-3H3,(H,57,68)(H,58,69)(H,59,70)(H,60,73)(H,61,71)(H,62,67)(H,63,72)(H,64,77)(H,74,75)/t30-,31+,37+,39+,40-,41-,42+,43+,44-,53-/m0/s1. The number of aliphatic hydroxyl groups is 2. The quantitative estimate of drug-likeness (QED) is 0.0816. The third-order valence-electron chi connectivity index (χ3n) is 12.9. The lowest BCUT2D eigenvalue weighted by Gasteiger charge is -2.30. The van der Waals surface area contributed by atoms with E-state index in [1.807, 2.05) is 6.07 Å². The summed E-state index contributed by atoms with van der Waals surface area (Å²) in [5.41, 5.74) is 9.47. The number of amides is 9. The maximum atomic E-state index is 14.6. The fourth-order valence-corrected chi connectivity index (χ4v) is 10.6. The number of H-pyrrole nitrogens is 1. The Hall–Kier alpha value is -7.97. The molecule has 1 aliphatic rings. The number of benzene rings is 4. The number of nitrogens with zero attached hydrogens (tertiary/aromatic N) is 1. The summed E-state index contributed by atoms with van der Waals surface area (Å²) in [6.45, 7) is 2.47. The molecule has 0 radical (unpaired) electrons. The van der Waals surface area contributed by atoms with Crippen LogP contribution in [-0.4, -0.2) is 158 Å². The second-order valence-corrected chi connectivity index (χ2v) is 21.4. The molecule has 0 aliphatic carbocycles. The minimum Gasteiger partial charge on any atom is -0.480 e. The topological polar surface area (TPSA) is 356 Å². The number of nitrogens with two attached hydrogens (primary N) is 1. The lowest BCUT2D eigenvalue weighted by atomic mass is 10.0. The first-order valence-electron chi connectivity index (χ1n) is 25.2. The maximum Gasteiger partial charge on any atom is 0.327 e. The number of carbonyl (C=O) groups is 9. The molecule has 4 aromatic carbocycles. The van der Waals surface area contributed by atoms with Gasteiger partial charge in [-0.15, -0.1) is 0 Å². The van der Waals surface area contributed by atoms with Crippen LogP contribution in [0.5, 0.6) is 0 Å². The first-order chi connectivity index (χ1) is 37.8. The largest absolute Gasteiger partial charge is 0.480 e. The molecule has 1 aromatic heterocycles. The number of nitrogens with one attached hydrogen (secondary N) is 9. The number of para-hydroxylation sites is 1. The average molecular weight is 1120 g/mol. The number of aliphatic hydroxyl groups excluding tert-OH is 2. The molecule has 79 heavy (non-hydrogen) atoms. The van der Waals surface area contributed by atoms with Crippen molar-refractivity contribution in [2.24, 2.45) is 5.73 Å². The van der Waals surface area contributed by atoms with Gasteiger partial charge in [-0.25, -0.2) is 9.59 Å². The van der Waals surface area contributed by atoms with E-state index in [4.69, 9.17) is 5.73 Å². The second kappa shape index (κ2) is 29.1. The number of rotatable bonds is 10. The van der Waals surface area contributed by atoms with Gasteiger partial charge in [0.25, 0.3) is 0 Å². The van der Waals surface area contributed by atoms with E-state index in [2.05, 4.69) is 47.5 Å². The highest BCUT2D eigenvalue weighted by Gasteiger charge is 2.36. The van der Waals surface area contributed by atoms with Crippen molar-refractivity contribution in [2.75, 3.05) is 18.6 Å². The molecule has 420 valence electrons. The number of urea groups is 1. The van der Waals surface area contributed by atoms with Crippen LogP contribution >= 0.6 is 21.6 Å². The van der Waals surface area contributed by atoms with E-state index in [0.717, 1.165) is 32.0 Å². The lowest BCUT2D eigenvalue weighted by molar-refractivity contribution is -0.141. The monoisotopic (exact) mass is 1120 g/mol. The van der Waals surface area contributed by atoms with Crippen LogP contribution in [0.2, 0.25) is 0 Å². The van der Waals surface area contributed by atoms with Crippen LogP contribution in [0.1, 0.15) is 36.1 Å². The van der Waals surface area contributed by atoms with Crippen LogP contribution in [0.25, 0.3) is 10.9 Å². The molecule has 25 heteroatoms. The molecule has 5 aromatic rings. The zero-order valence-corrected chi connectivity index (χ0v) is 45.1. The average Bonchev–Trinajstić information content (AvgIpc) is 3.89. The van der Waals surface area contributed by atoms with Crippen molar-refractivity contribution in [2.45, 2.75) is 100 Å². The molecule has 0 unspecified atom stereocenters. The molecule has 0 spiro atoms. The van der Waals surface area contributed by atoms with Crippen LogP contribution in [0.15, 0.2) is 121 Å². The third kappa shape index (κ3) is 17.8. The van der Waals surface area contributed by atoms with Gasteiger partial charge in [0, 0.05) is 61.3 Å². The predicted molar refractivity (Wildman–Crippen MR) is 296 cm³/mol. The Kier molecular flexibility index (Phi) is 22.2. The van der Waals surface area contributed by atoms with Gasteiger partial charge in [0.2, 0.25) is 47.7 Å². The van der Waals surface area contributed by atoms with Gasteiger partial charge in [0.1, 0.15) is 42.3 Å². The molecule has 6 rings (SSSR count). The number of aromatic nitrogens is 1. The molecular weight excluding hydrogens is 1060 g/mol. The summed E-state index contributed by atoms with van der Waals surface area (Å²) in [4.78, 5) is 129. The molecule has 0 saturated carbocycles. The maximum absolute atomic E-state index is 14.6. The Morgan fingerprint density at radius 3 is 1.54 bits per heavy atom. The Labute approximate surface area is 463 Å². The Morgan fingerprint density at radius 2 is 1.03 bits per heavy atom. The molecule has 2 heterocycles. The van der Waals surface area contributed by atoms with Crippen LogP contribution < -0.4 is 48.3 Å². The summed E-state index contributed by atoms with van der Waals surface area (Å²) in [5.74, 6) is -8.06. The fourth-order valence-electron chi connectivity index (χ4n) is 8.27. The molecule has 1 saturated heterocycles. The first-order valence-corrected chi connectivity index (χ1v) is 27.7. The van der Waals surface area contributed by atoms with Crippen molar-refractivity contribution in [3.05, 3.63) is 144 Å². The van der Waals surface area contributed by atoms with Crippen molar-refractivity contribution >= 4 is 85.8 Å². The highest BCUT2D eigenvalue weighted by Crippen LogP contribution is 2.24. The molecule has 10 atom stereocenters. The molecule has 14 N–H and O–H groups in total. The van der Waals surface area contributed by atoms with Crippen molar-refractivity contribution < 1.29 is 58.5 Å². The van der Waals surface area contributed by atoms with Gasteiger partial charge in [-0.2, -0.15) is 0 Å². The number of carboxylic acids is 1. The first kappa shape index (κ1) is 60.3. The van der Waals surface area contributed by atoms with Gasteiger partial charge in [-0.1, -0.05) is 131 Å². The van der Waals surface area contributed by atoms with Crippen LogP contribution in [0.3, 0.4) is 0 Å². The Bertz CT molecular complexity index is 2920. The van der Waals surface area contributed by atoms with Crippen LogP contribution in [0.4, 0.5) is 4.79 Å². The molecule has 0 bridgehead atoms. The van der Waals surface area contributed by atoms with Gasteiger partial charge in [0.15, 0.2) is 0 Å². The molecular formula is C54H65N11O12S2. The van der Waals surface area contributed by atoms with Gasteiger partial charge < -0.3 is 68.2 Å². The van der Waals surface area contributed by atoms with E-state index in [0.29, 0.717) is 27.6 Å². The second-order valence-electron chi connectivity index (χ2n) is 18.8. The van der Waals surface area contributed by atoms with E-state index in [1.54, 1.807) is 115 Å². The van der Waals surface area contributed by atoms with Crippen molar-refractivity contribution in [1.82, 2.24) is 52.4 Å². The van der Waals surface area contributed by atoms with Gasteiger partial charge in [-0.3, -0.25) is 38.9 Å². The van der Waals surface area contributed by atoms with Crippen molar-refractivity contribution in [1.29, 1.82) is 0 Å². The zero-order chi connectivity index (χ0) is 57.2. The van der Waals surface area contributed by atoms with E-state index in [1.165, 1.54) is 20.9 Å². The predicted octanol–water partition coefficient (Wildman–Crippen LogP) is -0.0430. The highest BCUT2D eigenvalue weighted by atomic mass is 33.1. The Balaban J connectivity index is 1.32. The van der Waals surface area contributed by atoms with Gasteiger partial charge >= 0.3 is 12.0 Å². The minimum absolute atomic E-state index is 0.0497. The number of hydrogen-bond acceptors (Lipinski definition) is 14. The molecule has 1 aliphatic heterocycles. The summed E-state index contributed by atoms with van der Waals surface area (Å²) in [6.07, 6.45) is -2.52. The van der Waals surface area contributed by atoms with E-state index in [9.17, 15) is 58.5 Å². The SMILES string of the molecule is C[C@@H](O)[C@@H]1NC(=O)[C@H](C)N(C)C(=O)N[C@@H](O)NC(=O)[C@@H](Cc2c[nH]c3ccccc23)NC(=O)[C@H](Cc2ccccc2)NC(=O)[C@@H](Cc2ccccc2)NC(=O)[C@H](N)CSSC[C@H](C(=O)O)NC(=O)[C@H](Cc2ccccc2)NC1=O. The number of fused-ring (bicyclic) bond motifs is 1. The number of carboxylic acid groups (broad SMARTS) is 1. The van der Waals surface area contributed by atoms with Crippen LogP contribution in [-0.2, 0) is 64.0 Å². The Morgan fingerprint density at radius 1 is 0.582 bits per heavy atom. The summed E-state index contributed by atoms with van der Waals surface area (Å²) < 4.78 is 0. The summed E-state index contributed by atoms with van der Waals surface area (Å²) in [6, 6.07) is 20.4. The van der Waals surface area contributed by atoms with Crippen molar-refractivity contribution in [3.63, 3.8) is 0 Å². The highest BCUT2D eigenvalue weighted by molar-refractivity contribution is 8.76. The van der Waals surface area contributed by atoms with E-state index < -0.39 is 114 Å². The molecule has 9 amide bonds. The summed E-state index contributed by atoms with van der Waals surface area (Å²) in [5, 5.41) is 52.8. The minimum atomic E-state index is -2.13. The molecule has 23 nitrogen and oxygen atoms in total. The summed E-state index contributed by atoms with van der Waals surface area (Å²) in [7, 11) is 3.17. The third-order valence-corrected chi connectivity index (χ3v) is 15.3. The van der Waals surface area contributed by atoms with Gasteiger partial charge in [-0.05, 0) is 42.2 Å². The number of carbonyl (C=O) groups excluding carboxylic acids is 8. The van der Waals surface area contributed by atoms with E-state index in [-0.39, 0.29) is 37.2 Å². The van der Waals surface area contributed by atoms with Crippen LogP contribution in [0, 0.1) is 0 Å². The number of aliphatic carboxylic acids is 1. The number of hydrogen-bond donors (Lipinski definition) is 13. The summed E-state index contributed by atoms with van der Waals surface area (Å²) >= 11 is 0. The number of likely N-dealkylation sites (N-methyl/N-ethyl adjacent to an activating group) is 1. The smallest absolute Gasteiger partial charge is 0.327 e. The van der Waals surface area contributed by atoms with Crippen molar-refractivity contribution in [3.8, 4) is 0 Å². The fraction of sp³-hybridized carbons (Fsp3) is 0.352. The zero-order valence-electron chi connectivity index (χ0n) is 43.4. The van der Waals surface area contributed by atoms with E-state index >= 15 is 0 Å². The number of aromatic amines is 1. The van der Waals surface area contributed by atoms with Gasteiger partial charge in [0.05, 0.1) is 12.1 Å². The normalized spacial score (nSPS) is 24.7. The lowest BCUT2D eigenvalue weighted by Crippen LogP contribution is -2.62. The molecule has 1 fully saturated rings.